The van der Waals surface area contributed by atoms with E-state index in [4.69, 9.17) is 16.3 Å². The van der Waals surface area contributed by atoms with Gasteiger partial charge in [0.15, 0.2) is 5.75 Å². The summed E-state index contributed by atoms with van der Waals surface area (Å²) in [6.07, 6.45) is 4.67. The predicted octanol–water partition coefficient (Wildman–Crippen LogP) is 2.46. The molecular formula is C10H15ClN2O. The van der Waals surface area contributed by atoms with Crippen molar-refractivity contribution in [2.45, 2.75) is 13.3 Å². The number of rotatable bonds is 4. The Morgan fingerprint density at radius 3 is 3.00 bits per heavy atom. The van der Waals surface area contributed by atoms with Gasteiger partial charge in [-0.3, -0.25) is 4.68 Å². The highest BCUT2D eigenvalue weighted by Crippen LogP contribution is 2.24. The second kappa shape index (κ2) is 5.05. The van der Waals surface area contributed by atoms with Crippen molar-refractivity contribution in [2.24, 2.45) is 7.05 Å². The average Bonchev–Trinajstić information content (AvgIpc) is 2.56. The molecule has 1 heterocycles. The Hall–Kier alpha value is -0.960. The van der Waals surface area contributed by atoms with Crippen LogP contribution in [-0.2, 0) is 7.05 Å². The van der Waals surface area contributed by atoms with Crippen LogP contribution in [0.5, 0.6) is 5.75 Å². The molecule has 0 saturated heterocycles. The van der Waals surface area contributed by atoms with E-state index in [2.05, 4.69) is 11.2 Å². The first-order chi connectivity index (χ1) is 6.70. The lowest BCUT2D eigenvalue weighted by Crippen LogP contribution is -1.97. The average molecular weight is 215 g/mol. The molecule has 0 amide bonds. The van der Waals surface area contributed by atoms with Gasteiger partial charge in [0.2, 0.25) is 0 Å². The summed E-state index contributed by atoms with van der Waals surface area (Å²) in [5, 5.41) is 4.13. The number of hydrogen-bond donors (Lipinski definition) is 0. The first-order valence-corrected chi connectivity index (χ1v) is 5.03. The number of aryl methyl sites for hydroxylation is 1. The fourth-order valence-corrected chi connectivity index (χ4v) is 1.49. The molecule has 0 bridgehead atoms. The molecule has 0 N–H and O–H groups in total. The lowest BCUT2D eigenvalue weighted by molar-refractivity contribution is 0.413. The van der Waals surface area contributed by atoms with Gasteiger partial charge in [-0.2, -0.15) is 5.10 Å². The summed E-state index contributed by atoms with van der Waals surface area (Å²) in [5.74, 6) is 1.44. The van der Waals surface area contributed by atoms with Crippen molar-refractivity contribution >= 4 is 17.2 Å². The van der Waals surface area contributed by atoms with Crippen molar-refractivity contribution < 1.29 is 4.74 Å². The molecule has 0 aliphatic carbocycles. The second-order valence-electron chi connectivity index (χ2n) is 3.05. The number of alkyl halides is 1. The van der Waals surface area contributed by atoms with Gasteiger partial charge < -0.3 is 4.74 Å². The number of halogens is 1. The van der Waals surface area contributed by atoms with Crippen LogP contribution in [0.3, 0.4) is 0 Å². The molecule has 0 aliphatic heterocycles. The van der Waals surface area contributed by atoms with E-state index in [-0.39, 0.29) is 0 Å². The van der Waals surface area contributed by atoms with Crippen LogP contribution in [0, 0.1) is 0 Å². The Balaban J connectivity index is 2.98. The third-order valence-electron chi connectivity index (χ3n) is 2.06. The van der Waals surface area contributed by atoms with E-state index in [9.17, 15) is 0 Å². The smallest absolute Gasteiger partial charge is 0.164 e. The summed E-state index contributed by atoms with van der Waals surface area (Å²) in [7, 11) is 3.55. The van der Waals surface area contributed by atoms with Gasteiger partial charge in [-0.15, -0.1) is 11.6 Å². The number of allylic oxidation sites excluding steroid dienone is 2. The Morgan fingerprint density at radius 1 is 1.71 bits per heavy atom. The van der Waals surface area contributed by atoms with Crippen LogP contribution in [0.25, 0.3) is 5.57 Å². The number of ether oxygens (including phenoxy) is 1. The minimum absolute atomic E-state index is 0.636. The van der Waals surface area contributed by atoms with E-state index in [0.29, 0.717) is 5.88 Å². The Bertz CT molecular complexity index is 331. The maximum absolute atomic E-state index is 5.62. The summed E-state index contributed by atoms with van der Waals surface area (Å²) in [5.41, 5.74) is 2.15. The summed E-state index contributed by atoms with van der Waals surface area (Å²) in [4.78, 5) is 0. The molecule has 0 atom stereocenters. The molecule has 3 nitrogen and oxygen atoms in total. The Morgan fingerprint density at radius 2 is 2.43 bits per heavy atom. The maximum Gasteiger partial charge on any atom is 0.164 e. The number of hydrogen-bond acceptors (Lipinski definition) is 2. The van der Waals surface area contributed by atoms with E-state index in [1.807, 2.05) is 14.0 Å². The summed E-state index contributed by atoms with van der Waals surface area (Å²) < 4.78 is 7.01. The van der Waals surface area contributed by atoms with Gasteiger partial charge in [-0.05, 0) is 18.9 Å². The third kappa shape index (κ3) is 2.29. The molecule has 14 heavy (non-hydrogen) atoms. The molecule has 1 rings (SSSR count). The minimum Gasteiger partial charge on any atom is -0.493 e. The molecule has 4 heteroatoms. The number of nitrogens with zero attached hydrogens (tertiary/aromatic N) is 2. The van der Waals surface area contributed by atoms with Crippen molar-refractivity contribution in [3.63, 3.8) is 0 Å². The zero-order valence-electron chi connectivity index (χ0n) is 8.75. The molecule has 0 saturated carbocycles. The molecule has 0 unspecified atom stereocenters. The summed E-state index contributed by atoms with van der Waals surface area (Å²) in [6.45, 7) is 2.03. The van der Waals surface area contributed by atoms with Crippen LogP contribution >= 0.6 is 11.6 Å². The molecule has 78 valence electrons. The van der Waals surface area contributed by atoms with E-state index < -0.39 is 0 Å². The number of aromatic nitrogens is 2. The SMILES string of the molecule is COc1cnn(C)c1C(C)=CCCCl. The van der Waals surface area contributed by atoms with Gasteiger partial charge in [0.05, 0.1) is 13.3 Å². The Kier molecular flexibility index (Phi) is 4.01. The van der Waals surface area contributed by atoms with Crippen LogP contribution in [0.4, 0.5) is 0 Å². The fourth-order valence-electron chi connectivity index (χ4n) is 1.38. The molecule has 0 spiro atoms. The van der Waals surface area contributed by atoms with Crippen molar-refractivity contribution in [3.05, 3.63) is 18.0 Å². The lowest BCUT2D eigenvalue weighted by Gasteiger charge is -2.05. The summed E-state index contributed by atoms with van der Waals surface area (Å²) >= 11 is 5.62. The highest BCUT2D eigenvalue weighted by atomic mass is 35.5. The molecule has 0 fully saturated rings. The highest BCUT2D eigenvalue weighted by Gasteiger charge is 2.09. The molecule has 0 aliphatic rings. The maximum atomic E-state index is 5.62. The summed E-state index contributed by atoms with van der Waals surface area (Å²) in [6, 6.07) is 0. The topological polar surface area (TPSA) is 27.1 Å². The molecular weight excluding hydrogens is 200 g/mol. The van der Waals surface area contributed by atoms with Gasteiger partial charge in [0, 0.05) is 12.9 Å². The van der Waals surface area contributed by atoms with Crippen LogP contribution in [0.2, 0.25) is 0 Å². The van der Waals surface area contributed by atoms with Gasteiger partial charge in [0.25, 0.3) is 0 Å². The van der Waals surface area contributed by atoms with Crippen molar-refractivity contribution in [3.8, 4) is 5.75 Å². The molecule has 0 aromatic carbocycles. The second-order valence-corrected chi connectivity index (χ2v) is 3.43. The number of methoxy groups -OCH3 is 1. The quantitative estimate of drug-likeness (QED) is 0.720. The van der Waals surface area contributed by atoms with Gasteiger partial charge in [-0.1, -0.05) is 6.08 Å². The molecule has 1 aromatic rings. The van der Waals surface area contributed by atoms with Crippen molar-refractivity contribution in [2.75, 3.05) is 13.0 Å². The van der Waals surface area contributed by atoms with E-state index in [1.165, 1.54) is 0 Å². The van der Waals surface area contributed by atoms with Crippen LogP contribution in [0.1, 0.15) is 19.0 Å². The standard InChI is InChI=1S/C10H15ClN2O/c1-8(5-4-6-11)10-9(14-3)7-12-13(10)2/h5,7H,4,6H2,1-3H3. The van der Waals surface area contributed by atoms with Gasteiger partial charge in [0.1, 0.15) is 5.69 Å². The van der Waals surface area contributed by atoms with Crippen LogP contribution in [-0.4, -0.2) is 22.8 Å². The fraction of sp³-hybridized carbons (Fsp3) is 0.500. The molecule has 0 radical (unpaired) electrons. The first kappa shape index (κ1) is 11.1. The van der Waals surface area contributed by atoms with Crippen molar-refractivity contribution in [1.29, 1.82) is 0 Å². The van der Waals surface area contributed by atoms with E-state index >= 15 is 0 Å². The first-order valence-electron chi connectivity index (χ1n) is 4.49. The van der Waals surface area contributed by atoms with Crippen LogP contribution in [0.15, 0.2) is 12.3 Å². The van der Waals surface area contributed by atoms with Crippen LogP contribution < -0.4 is 4.74 Å². The third-order valence-corrected chi connectivity index (χ3v) is 2.28. The van der Waals surface area contributed by atoms with Gasteiger partial charge in [-0.25, -0.2) is 0 Å². The zero-order chi connectivity index (χ0) is 10.6. The predicted molar refractivity (Wildman–Crippen MR) is 58.7 cm³/mol. The largest absolute Gasteiger partial charge is 0.493 e. The lowest BCUT2D eigenvalue weighted by atomic mass is 10.2. The highest BCUT2D eigenvalue weighted by molar-refractivity contribution is 6.17. The monoisotopic (exact) mass is 214 g/mol. The zero-order valence-corrected chi connectivity index (χ0v) is 9.51. The van der Waals surface area contributed by atoms with E-state index in [1.54, 1.807) is 18.0 Å². The molecule has 1 aromatic heterocycles. The van der Waals surface area contributed by atoms with E-state index in [0.717, 1.165) is 23.4 Å². The minimum atomic E-state index is 0.636. The normalized spacial score (nSPS) is 11.9. The van der Waals surface area contributed by atoms with Crippen molar-refractivity contribution in [1.82, 2.24) is 9.78 Å². The van der Waals surface area contributed by atoms with Gasteiger partial charge >= 0.3 is 0 Å². The Labute approximate surface area is 89.3 Å².